The second-order valence-corrected chi connectivity index (χ2v) is 7.19. The van der Waals surface area contributed by atoms with Crippen LogP contribution in [0, 0.1) is 5.92 Å². The van der Waals surface area contributed by atoms with E-state index in [0.717, 1.165) is 29.1 Å². The quantitative estimate of drug-likeness (QED) is 0.654. The third-order valence-electron chi connectivity index (χ3n) is 4.97. The Morgan fingerprint density at radius 1 is 1.31 bits per heavy atom. The number of rotatable bonds is 6. The van der Waals surface area contributed by atoms with Crippen LogP contribution in [0.5, 0.6) is 5.88 Å². The molecule has 1 aromatic carbocycles. The smallest absolute Gasteiger partial charge is 0.422 e. The number of hydrogen-bond acceptors (Lipinski definition) is 4. The van der Waals surface area contributed by atoms with Crippen molar-refractivity contribution < 1.29 is 22.7 Å². The second kappa shape index (κ2) is 7.38. The molecule has 1 aliphatic carbocycles. The molecule has 152 valence electrons. The molecule has 1 fully saturated rings. The van der Waals surface area contributed by atoms with Gasteiger partial charge in [-0.3, -0.25) is 9.78 Å². The number of alkyl halides is 3. The highest BCUT2D eigenvalue weighted by Crippen LogP contribution is 2.48. The highest BCUT2D eigenvalue weighted by molar-refractivity contribution is 5.84. The first kappa shape index (κ1) is 19.2. The largest absolute Gasteiger partial charge is 0.467 e. The summed E-state index contributed by atoms with van der Waals surface area (Å²) in [6.07, 6.45) is 0.650. The lowest BCUT2D eigenvalue weighted by Gasteiger charge is -2.14. The molecule has 1 aliphatic rings. The summed E-state index contributed by atoms with van der Waals surface area (Å²) in [6, 6.07) is 7.73. The topological polar surface area (TPSA) is 79.9 Å². The zero-order valence-electron chi connectivity index (χ0n) is 15.5. The normalized spacial score (nSPS) is 19.7. The lowest BCUT2D eigenvalue weighted by Crippen LogP contribution is -2.29. The first-order valence-electron chi connectivity index (χ1n) is 9.19. The third kappa shape index (κ3) is 4.49. The maximum atomic E-state index is 12.5. The molecule has 3 aromatic rings. The number of amides is 1. The number of halogens is 3. The Balaban J connectivity index is 1.32. The van der Waals surface area contributed by atoms with Crippen molar-refractivity contribution in [1.29, 1.82) is 0 Å². The summed E-state index contributed by atoms with van der Waals surface area (Å²) < 4.78 is 41.0. The maximum Gasteiger partial charge on any atom is 0.422 e. The molecule has 0 bridgehead atoms. The number of ether oxygens (including phenoxy) is 1. The van der Waals surface area contributed by atoms with Crippen molar-refractivity contribution in [3.05, 3.63) is 54.1 Å². The minimum Gasteiger partial charge on any atom is -0.467 e. The van der Waals surface area contributed by atoms with Gasteiger partial charge < -0.3 is 15.0 Å². The van der Waals surface area contributed by atoms with Crippen LogP contribution in [-0.4, -0.2) is 33.6 Å². The SMILES string of the molecule is C[C@@H](NC(=O)[C@@H]1C[C@H]1c1ccc2cc[nH]c2c1)c1cnc(OCC(F)(F)F)cn1. The predicted octanol–water partition coefficient (Wildman–Crippen LogP) is 3.88. The molecule has 29 heavy (non-hydrogen) atoms. The second-order valence-electron chi connectivity index (χ2n) is 7.19. The van der Waals surface area contributed by atoms with E-state index < -0.39 is 18.8 Å². The van der Waals surface area contributed by atoms with Gasteiger partial charge in [0.2, 0.25) is 11.8 Å². The van der Waals surface area contributed by atoms with E-state index in [1.54, 1.807) is 6.92 Å². The molecule has 6 nitrogen and oxygen atoms in total. The lowest BCUT2D eigenvalue weighted by molar-refractivity contribution is -0.154. The number of fused-ring (bicyclic) bond motifs is 1. The van der Waals surface area contributed by atoms with Gasteiger partial charge in [0.1, 0.15) is 0 Å². The van der Waals surface area contributed by atoms with Crippen molar-refractivity contribution in [3.63, 3.8) is 0 Å². The van der Waals surface area contributed by atoms with Crippen LogP contribution in [0.3, 0.4) is 0 Å². The zero-order valence-corrected chi connectivity index (χ0v) is 15.5. The van der Waals surface area contributed by atoms with Crippen molar-refractivity contribution in [3.8, 4) is 5.88 Å². The Kier molecular flexibility index (Phi) is 4.89. The van der Waals surface area contributed by atoms with Crippen molar-refractivity contribution in [2.75, 3.05) is 6.61 Å². The summed E-state index contributed by atoms with van der Waals surface area (Å²) in [6.45, 7) is 0.325. The van der Waals surface area contributed by atoms with Gasteiger partial charge in [-0.2, -0.15) is 13.2 Å². The van der Waals surface area contributed by atoms with Gasteiger partial charge in [-0.15, -0.1) is 0 Å². The Morgan fingerprint density at radius 2 is 2.14 bits per heavy atom. The number of hydrogen-bond donors (Lipinski definition) is 2. The Labute approximate surface area is 164 Å². The highest BCUT2D eigenvalue weighted by Gasteiger charge is 2.44. The standard InChI is InChI=1S/C20H19F3N4O2/c1-11(17-8-26-18(9-25-17)29-10-20(21,22)23)27-19(28)15-7-14(15)13-3-2-12-4-5-24-16(12)6-13/h2-6,8-9,11,14-15,24H,7,10H2,1H3,(H,27,28)/t11-,14+,15-/m1/s1. The molecule has 1 amide bonds. The Bertz CT molecular complexity index is 1020. The summed E-state index contributed by atoms with van der Waals surface area (Å²) in [5.74, 6) is -0.216. The van der Waals surface area contributed by atoms with Gasteiger partial charge in [0.05, 0.1) is 24.1 Å². The van der Waals surface area contributed by atoms with Crippen LogP contribution < -0.4 is 10.1 Å². The van der Waals surface area contributed by atoms with Crippen molar-refractivity contribution in [2.45, 2.75) is 31.5 Å². The van der Waals surface area contributed by atoms with Gasteiger partial charge in [0, 0.05) is 17.6 Å². The number of nitrogens with one attached hydrogen (secondary N) is 2. The molecule has 0 spiro atoms. The fourth-order valence-electron chi connectivity index (χ4n) is 3.32. The molecule has 0 radical (unpaired) electrons. The zero-order chi connectivity index (χ0) is 20.6. The van der Waals surface area contributed by atoms with Crippen molar-refractivity contribution >= 4 is 16.8 Å². The molecule has 2 aromatic heterocycles. The number of H-pyrrole nitrogens is 1. The Morgan fingerprint density at radius 3 is 2.86 bits per heavy atom. The molecule has 0 aliphatic heterocycles. The molecule has 3 atom stereocenters. The summed E-state index contributed by atoms with van der Waals surface area (Å²) >= 11 is 0. The molecule has 4 rings (SSSR count). The molecular weight excluding hydrogens is 385 g/mol. The van der Waals surface area contributed by atoms with E-state index in [1.165, 1.54) is 6.20 Å². The van der Waals surface area contributed by atoms with Gasteiger partial charge in [0.15, 0.2) is 6.61 Å². The van der Waals surface area contributed by atoms with E-state index in [0.29, 0.717) is 5.69 Å². The molecule has 0 unspecified atom stereocenters. The van der Waals surface area contributed by atoms with Gasteiger partial charge >= 0.3 is 6.18 Å². The fourth-order valence-corrected chi connectivity index (χ4v) is 3.32. The van der Waals surface area contributed by atoms with Crippen molar-refractivity contribution in [1.82, 2.24) is 20.3 Å². The highest BCUT2D eigenvalue weighted by atomic mass is 19.4. The van der Waals surface area contributed by atoms with Crippen molar-refractivity contribution in [2.24, 2.45) is 5.92 Å². The molecule has 9 heteroatoms. The third-order valence-corrected chi connectivity index (χ3v) is 4.97. The first-order valence-corrected chi connectivity index (χ1v) is 9.19. The minimum atomic E-state index is -4.44. The summed E-state index contributed by atoms with van der Waals surface area (Å²) in [5.41, 5.74) is 2.62. The van der Waals surface area contributed by atoms with E-state index in [4.69, 9.17) is 0 Å². The van der Waals surface area contributed by atoms with Crippen LogP contribution >= 0.6 is 0 Å². The average molecular weight is 404 g/mol. The summed E-state index contributed by atoms with van der Waals surface area (Å²) in [7, 11) is 0. The van der Waals surface area contributed by atoms with Gasteiger partial charge in [-0.25, -0.2) is 4.98 Å². The molecule has 2 N–H and O–H groups in total. The summed E-state index contributed by atoms with van der Waals surface area (Å²) in [5, 5.41) is 4.03. The summed E-state index contributed by atoms with van der Waals surface area (Å²) in [4.78, 5) is 23.6. The molecule has 1 saturated carbocycles. The molecular formula is C20H19F3N4O2. The van der Waals surface area contributed by atoms with Crippen LogP contribution in [0.15, 0.2) is 42.9 Å². The van der Waals surface area contributed by atoms with Gasteiger partial charge in [-0.1, -0.05) is 12.1 Å². The minimum absolute atomic E-state index is 0.0757. The van der Waals surface area contributed by atoms with Crippen LogP contribution in [0.4, 0.5) is 13.2 Å². The Hall–Kier alpha value is -3.10. The number of nitrogens with zero attached hydrogens (tertiary/aromatic N) is 2. The van der Waals surface area contributed by atoms with Crippen LogP contribution in [0.25, 0.3) is 10.9 Å². The average Bonchev–Trinajstić information content (AvgIpc) is 3.36. The molecule has 0 saturated heterocycles. The van der Waals surface area contributed by atoms with Gasteiger partial charge in [0.25, 0.3) is 0 Å². The number of aromatic nitrogens is 3. The first-order chi connectivity index (χ1) is 13.8. The monoisotopic (exact) mass is 404 g/mol. The number of benzene rings is 1. The number of carbonyl (C=O) groups is 1. The maximum absolute atomic E-state index is 12.5. The van der Waals surface area contributed by atoms with E-state index in [2.05, 4.69) is 31.1 Å². The molecule has 2 heterocycles. The van der Waals surface area contributed by atoms with E-state index in [1.807, 2.05) is 24.4 Å². The van der Waals surface area contributed by atoms with Crippen LogP contribution in [0.1, 0.15) is 36.6 Å². The lowest BCUT2D eigenvalue weighted by atomic mass is 10.1. The van der Waals surface area contributed by atoms with Crippen LogP contribution in [-0.2, 0) is 4.79 Å². The van der Waals surface area contributed by atoms with E-state index in [-0.39, 0.29) is 23.6 Å². The number of aromatic amines is 1. The van der Waals surface area contributed by atoms with E-state index in [9.17, 15) is 18.0 Å². The predicted molar refractivity (Wildman–Crippen MR) is 99.3 cm³/mol. The number of carbonyl (C=O) groups excluding carboxylic acids is 1. The van der Waals surface area contributed by atoms with Gasteiger partial charge in [-0.05, 0) is 42.3 Å². The fraction of sp³-hybridized carbons (Fsp3) is 0.350. The van der Waals surface area contributed by atoms with Crippen LogP contribution in [0.2, 0.25) is 0 Å². The van der Waals surface area contributed by atoms with E-state index >= 15 is 0 Å².